The molecule has 0 radical (unpaired) electrons. The molecule has 1 amide bonds. The van der Waals surface area contributed by atoms with E-state index in [9.17, 15) is 4.79 Å². The summed E-state index contributed by atoms with van der Waals surface area (Å²) < 4.78 is 0. The maximum atomic E-state index is 12.3. The third-order valence-corrected chi connectivity index (χ3v) is 3.75. The van der Waals surface area contributed by atoms with Gasteiger partial charge in [-0.05, 0) is 36.8 Å². The number of nitrogens with two attached hydrogens (primary N) is 1. The van der Waals surface area contributed by atoms with E-state index in [1.807, 2.05) is 43.3 Å². The van der Waals surface area contributed by atoms with Crippen LogP contribution in [0.4, 0.5) is 23.0 Å². The van der Waals surface area contributed by atoms with Crippen molar-refractivity contribution in [3.05, 3.63) is 66.2 Å². The molecule has 8 nitrogen and oxygen atoms in total. The van der Waals surface area contributed by atoms with Gasteiger partial charge < -0.3 is 21.7 Å². The first-order chi connectivity index (χ1) is 13.2. The van der Waals surface area contributed by atoms with E-state index in [-0.39, 0.29) is 11.6 Å². The van der Waals surface area contributed by atoms with Crippen LogP contribution >= 0.6 is 0 Å². The van der Waals surface area contributed by atoms with E-state index in [0.717, 1.165) is 17.8 Å². The Morgan fingerprint density at radius 1 is 1.07 bits per heavy atom. The minimum Gasteiger partial charge on any atom is -0.382 e. The van der Waals surface area contributed by atoms with Crippen molar-refractivity contribution in [2.45, 2.75) is 13.5 Å². The number of nitrogen functional groups attached to an aromatic ring is 1. The average molecular weight is 363 g/mol. The fraction of sp³-hybridized carbons (Fsp3) is 0.158. The Kier molecular flexibility index (Phi) is 5.78. The predicted molar refractivity (Wildman–Crippen MR) is 107 cm³/mol. The first-order valence-electron chi connectivity index (χ1n) is 8.56. The van der Waals surface area contributed by atoms with E-state index in [0.29, 0.717) is 23.9 Å². The highest BCUT2D eigenvalue weighted by atomic mass is 16.1. The third-order valence-electron chi connectivity index (χ3n) is 3.75. The molecule has 0 fully saturated rings. The smallest absolute Gasteiger partial charge is 0.275 e. The van der Waals surface area contributed by atoms with Crippen LogP contribution in [0, 0.1) is 0 Å². The number of nitrogens with zero attached hydrogens (tertiary/aromatic N) is 3. The van der Waals surface area contributed by atoms with Crippen molar-refractivity contribution in [3.63, 3.8) is 0 Å². The van der Waals surface area contributed by atoms with Gasteiger partial charge in [0.25, 0.3) is 5.91 Å². The summed E-state index contributed by atoms with van der Waals surface area (Å²) in [4.78, 5) is 24.7. The molecule has 5 N–H and O–H groups in total. The minimum atomic E-state index is -0.313. The number of hydrogen-bond donors (Lipinski definition) is 4. The van der Waals surface area contributed by atoms with Crippen molar-refractivity contribution in [1.29, 1.82) is 0 Å². The molecule has 0 saturated carbocycles. The van der Waals surface area contributed by atoms with E-state index in [1.54, 1.807) is 6.20 Å². The van der Waals surface area contributed by atoms with Crippen molar-refractivity contribution in [2.75, 3.05) is 28.2 Å². The van der Waals surface area contributed by atoms with Crippen LogP contribution in [-0.4, -0.2) is 27.4 Å². The topological polar surface area (TPSA) is 118 Å². The molecular formula is C19H21N7O. The average Bonchev–Trinajstić information content (AvgIpc) is 2.68. The zero-order chi connectivity index (χ0) is 19.1. The van der Waals surface area contributed by atoms with Crippen LogP contribution in [-0.2, 0) is 6.54 Å². The summed E-state index contributed by atoms with van der Waals surface area (Å²) in [7, 11) is 0. The number of rotatable bonds is 7. The molecule has 27 heavy (non-hydrogen) atoms. The fourth-order valence-electron chi connectivity index (χ4n) is 2.44. The molecule has 2 heterocycles. The zero-order valence-corrected chi connectivity index (χ0v) is 14.9. The maximum Gasteiger partial charge on any atom is 0.275 e. The second-order valence-electron chi connectivity index (χ2n) is 5.76. The van der Waals surface area contributed by atoms with Gasteiger partial charge in [0.2, 0.25) is 0 Å². The summed E-state index contributed by atoms with van der Waals surface area (Å²) in [5, 5.41) is 9.10. The predicted octanol–water partition coefficient (Wildman–Crippen LogP) is 2.75. The van der Waals surface area contributed by atoms with E-state index in [2.05, 4.69) is 30.9 Å². The van der Waals surface area contributed by atoms with Crippen molar-refractivity contribution < 1.29 is 4.79 Å². The molecule has 0 aliphatic rings. The number of anilines is 4. The number of carbonyl (C=O) groups is 1. The van der Waals surface area contributed by atoms with Gasteiger partial charge in [0, 0.05) is 25.0 Å². The molecule has 0 aliphatic heterocycles. The Morgan fingerprint density at radius 2 is 1.96 bits per heavy atom. The van der Waals surface area contributed by atoms with Gasteiger partial charge in [-0.15, -0.1) is 0 Å². The number of benzene rings is 1. The van der Waals surface area contributed by atoms with Gasteiger partial charge in [-0.1, -0.05) is 12.1 Å². The normalized spacial score (nSPS) is 10.3. The molecule has 1 aromatic carbocycles. The number of pyridine rings is 1. The Balaban J connectivity index is 1.63. The molecule has 8 heteroatoms. The molecule has 2 aromatic heterocycles. The Labute approximate surface area is 157 Å². The van der Waals surface area contributed by atoms with Gasteiger partial charge in [0.15, 0.2) is 0 Å². The first kappa shape index (κ1) is 18.1. The molecule has 0 saturated heterocycles. The van der Waals surface area contributed by atoms with Crippen molar-refractivity contribution >= 4 is 28.9 Å². The van der Waals surface area contributed by atoms with Crippen LogP contribution in [0.3, 0.4) is 0 Å². The standard InChI is InChI=1S/C19H21N7O/c1-2-21-17-12-24-16(11-25-17)19(27)26-14-6-3-5-13(9-14)10-23-15-7-4-8-22-18(15)20/h3-9,11-12,23H,2,10H2,1H3,(H2,20,22)(H,21,25)(H,26,27). The van der Waals surface area contributed by atoms with E-state index in [1.165, 1.54) is 12.4 Å². The van der Waals surface area contributed by atoms with Crippen LogP contribution in [0.5, 0.6) is 0 Å². The molecule has 0 spiro atoms. The molecule has 3 aromatic rings. The first-order valence-corrected chi connectivity index (χ1v) is 8.56. The lowest BCUT2D eigenvalue weighted by Crippen LogP contribution is -2.15. The SMILES string of the molecule is CCNc1cnc(C(=O)Nc2cccc(CNc3cccnc3N)c2)cn1. The Bertz CT molecular complexity index is 912. The summed E-state index contributed by atoms with van der Waals surface area (Å²) >= 11 is 0. The summed E-state index contributed by atoms with van der Waals surface area (Å²) in [6, 6.07) is 11.2. The molecular weight excluding hydrogens is 342 g/mol. The maximum absolute atomic E-state index is 12.3. The van der Waals surface area contributed by atoms with Gasteiger partial charge in [-0.3, -0.25) is 4.79 Å². The van der Waals surface area contributed by atoms with Gasteiger partial charge in [0.1, 0.15) is 17.3 Å². The number of carbonyl (C=O) groups excluding carboxylic acids is 1. The van der Waals surface area contributed by atoms with E-state index >= 15 is 0 Å². The van der Waals surface area contributed by atoms with Gasteiger partial charge in [-0.25, -0.2) is 15.0 Å². The zero-order valence-electron chi connectivity index (χ0n) is 14.9. The monoisotopic (exact) mass is 363 g/mol. The van der Waals surface area contributed by atoms with Gasteiger partial charge in [0.05, 0.1) is 18.1 Å². The van der Waals surface area contributed by atoms with Gasteiger partial charge >= 0.3 is 0 Å². The summed E-state index contributed by atoms with van der Waals surface area (Å²) in [6.45, 7) is 3.26. The Morgan fingerprint density at radius 3 is 2.70 bits per heavy atom. The highest BCUT2D eigenvalue weighted by Crippen LogP contribution is 2.17. The lowest BCUT2D eigenvalue weighted by atomic mass is 10.2. The third kappa shape index (κ3) is 4.91. The molecule has 138 valence electrons. The van der Waals surface area contributed by atoms with E-state index in [4.69, 9.17) is 5.73 Å². The van der Waals surface area contributed by atoms with Crippen LogP contribution < -0.4 is 21.7 Å². The van der Waals surface area contributed by atoms with Crippen molar-refractivity contribution in [1.82, 2.24) is 15.0 Å². The van der Waals surface area contributed by atoms with Crippen LogP contribution in [0.2, 0.25) is 0 Å². The summed E-state index contributed by atoms with van der Waals surface area (Å²) in [5.41, 5.74) is 8.51. The number of amides is 1. The molecule has 3 rings (SSSR count). The van der Waals surface area contributed by atoms with Crippen molar-refractivity contribution in [3.8, 4) is 0 Å². The second kappa shape index (κ2) is 8.61. The van der Waals surface area contributed by atoms with Crippen LogP contribution in [0.1, 0.15) is 23.0 Å². The molecule has 0 aliphatic carbocycles. The largest absolute Gasteiger partial charge is 0.382 e. The lowest BCUT2D eigenvalue weighted by Gasteiger charge is -2.10. The summed E-state index contributed by atoms with van der Waals surface area (Å²) in [5.74, 6) is 0.769. The highest BCUT2D eigenvalue weighted by Gasteiger charge is 2.09. The molecule has 0 unspecified atom stereocenters. The number of aromatic nitrogens is 3. The van der Waals surface area contributed by atoms with Gasteiger partial charge in [-0.2, -0.15) is 0 Å². The number of nitrogens with one attached hydrogen (secondary N) is 3. The summed E-state index contributed by atoms with van der Waals surface area (Å²) in [6.07, 6.45) is 4.63. The fourth-order valence-corrected chi connectivity index (χ4v) is 2.44. The number of hydrogen-bond acceptors (Lipinski definition) is 7. The van der Waals surface area contributed by atoms with Crippen LogP contribution in [0.25, 0.3) is 0 Å². The molecule has 0 atom stereocenters. The lowest BCUT2D eigenvalue weighted by molar-refractivity contribution is 0.102. The highest BCUT2D eigenvalue weighted by molar-refractivity contribution is 6.02. The molecule has 0 bridgehead atoms. The minimum absolute atomic E-state index is 0.253. The van der Waals surface area contributed by atoms with Crippen molar-refractivity contribution in [2.24, 2.45) is 0 Å². The quantitative estimate of drug-likeness (QED) is 0.510. The second-order valence-corrected chi connectivity index (χ2v) is 5.76. The van der Waals surface area contributed by atoms with Crippen LogP contribution in [0.15, 0.2) is 55.0 Å². The Hall–Kier alpha value is -3.68. The van der Waals surface area contributed by atoms with E-state index < -0.39 is 0 Å².